The molecule has 0 bridgehead atoms. The van der Waals surface area contributed by atoms with Crippen molar-refractivity contribution in [1.29, 1.82) is 5.26 Å². The molecule has 1 saturated heterocycles. The third-order valence-corrected chi connectivity index (χ3v) is 6.79. The molecule has 8 heteroatoms. The van der Waals surface area contributed by atoms with Crippen LogP contribution in [-0.2, 0) is 16.0 Å². The molecule has 2 amide bonds. The molecule has 1 aliphatic rings. The Kier molecular flexibility index (Phi) is 7.76. The summed E-state index contributed by atoms with van der Waals surface area (Å²) in [5.41, 5.74) is 1.93. The Labute approximate surface area is 213 Å². The van der Waals surface area contributed by atoms with Gasteiger partial charge in [0.2, 0.25) is 5.91 Å². The van der Waals surface area contributed by atoms with Crippen LogP contribution in [0.1, 0.15) is 12.5 Å². The number of anilines is 2. The van der Waals surface area contributed by atoms with Gasteiger partial charge in [-0.2, -0.15) is 5.26 Å². The van der Waals surface area contributed by atoms with Crippen molar-refractivity contribution in [3.05, 3.63) is 100 Å². The van der Waals surface area contributed by atoms with Crippen LogP contribution < -0.4 is 15.0 Å². The molecular weight excluding hydrogens is 482 g/mol. The first-order valence-corrected chi connectivity index (χ1v) is 12.2. The normalized spacial score (nSPS) is 16.5. The summed E-state index contributed by atoms with van der Waals surface area (Å²) in [4.78, 5) is 28.1. The lowest BCUT2D eigenvalue weighted by atomic mass is 10.1. The Morgan fingerprint density at radius 2 is 1.77 bits per heavy atom. The number of rotatable bonds is 7. The van der Waals surface area contributed by atoms with Crippen molar-refractivity contribution < 1.29 is 14.3 Å². The molecule has 0 radical (unpaired) electrons. The number of amides is 2. The van der Waals surface area contributed by atoms with E-state index in [0.717, 1.165) is 11.3 Å². The molecule has 1 fully saturated rings. The summed E-state index contributed by atoms with van der Waals surface area (Å²) in [5.74, 6) is -0.0105. The van der Waals surface area contributed by atoms with E-state index in [2.05, 4.69) is 5.32 Å². The molecule has 0 saturated carbocycles. The maximum Gasteiger partial charge on any atom is 0.269 e. The second kappa shape index (κ2) is 11.1. The lowest BCUT2D eigenvalue weighted by Gasteiger charge is -2.18. The summed E-state index contributed by atoms with van der Waals surface area (Å²) in [6, 6.07) is 25.2. The largest absolute Gasteiger partial charge is 0.494 e. The third-order valence-electron chi connectivity index (χ3n) is 5.28. The summed E-state index contributed by atoms with van der Waals surface area (Å²) in [5, 5.41) is 13.0. The summed E-state index contributed by atoms with van der Waals surface area (Å²) >= 11 is 7.15. The summed E-state index contributed by atoms with van der Waals surface area (Å²) in [6.07, 6.45) is 0.445. The van der Waals surface area contributed by atoms with Gasteiger partial charge in [0, 0.05) is 16.4 Å². The molecule has 0 unspecified atom stereocenters. The van der Waals surface area contributed by atoms with Gasteiger partial charge in [0.05, 0.1) is 11.9 Å². The van der Waals surface area contributed by atoms with Gasteiger partial charge >= 0.3 is 0 Å². The average Bonchev–Trinajstić information content (AvgIpc) is 3.18. The van der Waals surface area contributed by atoms with Crippen molar-refractivity contribution in [2.45, 2.75) is 18.6 Å². The number of benzene rings is 3. The SMILES string of the molecule is CCOc1ccc(C[C@@H]2S/C(=C(/C#N)C(=O)Nc3ccc(Cl)cc3)N(c3ccccc3)C2=O)cc1. The fourth-order valence-electron chi connectivity index (χ4n) is 3.63. The molecular formula is C27H22ClN3O3S. The van der Waals surface area contributed by atoms with Crippen molar-refractivity contribution in [2.24, 2.45) is 0 Å². The van der Waals surface area contributed by atoms with E-state index in [4.69, 9.17) is 16.3 Å². The number of carbonyl (C=O) groups is 2. The van der Waals surface area contributed by atoms with Crippen LogP contribution in [0.5, 0.6) is 5.75 Å². The fraction of sp³-hybridized carbons (Fsp3) is 0.148. The summed E-state index contributed by atoms with van der Waals surface area (Å²) < 4.78 is 5.50. The van der Waals surface area contributed by atoms with Gasteiger partial charge in [0.25, 0.3) is 5.91 Å². The maximum atomic E-state index is 13.5. The van der Waals surface area contributed by atoms with Crippen molar-refractivity contribution in [3.63, 3.8) is 0 Å². The van der Waals surface area contributed by atoms with E-state index in [1.165, 1.54) is 16.7 Å². The van der Waals surface area contributed by atoms with Gasteiger partial charge in [-0.1, -0.05) is 53.7 Å². The van der Waals surface area contributed by atoms with Gasteiger partial charge in [-0.3, -0.25) is 14.5 Å². The predicted molar refractivity (Wildman–Crippen MR) is 139 cm³/mol. The molecule has 6 nitrogen and oxygen atoms in total. The molecule has 35 heavy (non-hydrogen) atoms. The van der Waals surface area contributed by atoms with Crippen LogP contribution in [0.15, 0.2) is 89.5 Å². The molecule has 1 atom stereocenters. The van der Waals surface area contributed by atoms with Gasteiger partial charge in [-0.25, -0.2) is 0 Å². The van der Waals surface area contributed by atoms with E-state index in [-0.39, 0.29) is 11.5 Å². The van der Waals surface area contributed by atoms with Crippen molar-refractivity contribution in [2.75, 3.05) is 16.8 Å². The molecule has 1 N–H and O–H groups in total. The number of thioether (sulfide) groups is 1. The summed E-state index contributed by atoms with van der Waals surface area (Å²) in [7, 11) is 0. The van der Waals surface area contributed by atoms with E-state index in [0.29, 0.717) is 34.5 Å². The topological polar surface area (TPSA) is 82.4 Å². The molecule has 4 rings (SSSR count). The highest BCUT2D eigenvalue weighted by atomic mass is 35.5. The van der Waals surface area contributed by atoms with Crippen LogP contribution in [0.2, 0.25) is 5.02 Å². The first-order chi connectivity index (χ1) is 17.0. The van der Waals surface area contributed by atoms with Crippen LogP contribution in [0, 0.1) is 11.3 Å². The first kappa shape index (κ1) is 24.4. The standard InChI is InChI=1S/C27H22ClN3O3S/c1-2-34-22-14-8-18(9-15-22)16-24-26(33)31(21-6-4-3-5-7-21)27(35-24)23(17-29)25(32)30-20-12-10-19(28)11-13-20/h3-15,24H,2,16H2,1H3,(H,30,32)/b27-23-/t24-/m0/s1. The molecule has 0 spiro atoms. The third kappa shape index (κ3) is 5.68. The molecule has 0 aliphatic carbocycles. The second-order valence-electron chi connectivity index (χ2n) is 7.65. The lowest BCUT2D eigenvalue weighted by Crippen LogP contribution is -2.30. The highest BCUT2D eigenvalue weighted by molar-refractivity contribution is 8.05. The predicted octanol–water partition coefficient (Wildman–Crippen LogP) is 5.80. The minimum atomic E-state index is -0.590. The number of nitriles is 1. The van der Waals surface area contributed by atoms with Gasteiger partial charge in [-0.05, 0) is 67.4 Å². The highest BCUT2D eigenvalue weighted by Gasteiger charge is 2.40. The van der Waals surface area contributed by atoms with Crippen molar-refractivity contribution in [1.82, 2.24) is 0 Å². The van der Waals surface area contributed by atoms with Crippen LogP contribution >= 0.6 is 23.4 Å². The molecule has 0 aromatic heterocycles. The van der Waals surface area contributed by atoms with E-state index in [1.807, 2.05) is 55.5 Å². The van der Waals surface area contributed by atoms with Crippen LogP contribution in [0.3, 0.4) is 0 Å². The number of nitrogens with one attached hydrogen (secondary N) is 1. The molecule has 1 aliphatic heterocycles. The van der Waals surface area contributed by atoms with E-state index < -0.39 is 11.2 Å². The fourth-order valence-corrected chi connectivity index (χ4v) is 5.06. The molecule has 3 aromatic carbocycles. The lowest BCUT2D eigenvalue weighted by molar-refractivity contribution is -0.117. The second-order valence-corrected chi connectivity index (χ2v) is 9.28. The van der Waals surface area contributed by atoms with E-state index in [9.17, 15) is 14.9 Å². The van der Waals surface area contributed by atoms with Crippen molar-refractivity contribution in [3.8, 4) is 11.8 Å². The number of carbonyl (C=O) groups excluding carboxylic acids is 2. The van der Waals surface area contributed by atoms with Crippen LogP contribution in [0.4, 0.5) is 11.4 Å². The van der Waals surface area contributed by atoms with Gasteiger partial charge in [0.15, 0.2) is 0 Å². The highest BCUT2D eigenvalue weighted by Crippen LogP contribution is 2.42. The quantitative estimate of drug-likeness (QED) is 0.325. The zero-order chi connectivity index (χ0) is 24.8. The Morgan fingerprint density at radius 1 is 1.09 bits per heavy atom. The molecule has 1 heterocycles. The maximum absolute atomic E-state index is 13.5. The number of para-hydroxylation sites is 1. The van der Waals surface area contributed by atoms with E-state index >= 15 is 0 Å². The number of nitrogens with zero attached hydrogens (tertiary/aromatic N) is 2. The number of hydrogen-bond acceptors (Lipinski definition) is 5. The molecule has 176 valence electrons. The molecule has 3 aromatic rings. The Hall–Kier alpha value is -3.73. The number of ether oxygens (including phenoxy) is 1. The smallest absolute Gasteiger partial charge is 0.269 e. The zero-order valence-electron chi connectivity index (χ0n) is 18.9. The summed E-state index contributed by atoms with van der Waals surface area (Å²) in [6.45, 7) is 2.50. The minimum Gasteiger partial charge on any atom is -0.494 e. The monoisotopic (exact) mass is 503 g/mol. The van der Waals surface area contributed by atoms with Crippen LogP contribution in [0.25, 0.3) is 0 Å². The first-order valence-electron chi connectivity index (χ1n) is 11.0. The van der Waals surface area contributed by atoms with E-state index in [1.54, 1.807) is 36.4 Å². The Morgan fingerprint density at radius 3 is 2.40 bits per heavy atom. The zero-order valence-corrected chi connectivity index (χ0v) is 20.5. The average molecular weight is 504 g/mol. The minimum absolute atomic E-state index is 0.128. The van der Waals surface area contributed by atoms with Gasteiger partial charge in [0.1, 0.15) is 22.4 Å². The Bertz CT molecular complexity index is 1290. The van der Waals surface area contributed by atoms with Gasteiger partial charge in [-0.15, -0.1) is 0 Å². The van der Waals surface area contributed by atoms with Crippen LogP contribution in [-0.4, -0.2) is 23.7 Å². The number of halogens is 1. The number of hydrogen-bond donors (Lipinski definition) is 1. The van der Waals surface area contributed by atoms with Crippen molar-refractivity contribution >= 4 is 46.6 Å². The van der Waals surface area contributed by atoms with Gasteiger partial charge < -0.3 is 10.1 Å². The Balaban J connectivity index is 1.66.